The quantitative estimate of drug-likeness (QED) is 0.362. The number of nitrogens with zero attached hydrogens (tertiary/aromatic N) is 1. The molecule has 4 nitrogen and oxygen atoms in total. The third-order valence-electron chi connectivity index (χ3n) is 5.70. The van der Waals surface area contributed by atoms with E-state index in [0.29, 0.717) is 30.8 Å². The number of aryl methyl sites for hydroxylation is 1. The van der Waals surface area contributed by atoms with Crippen molar-refractivity contribution in [2.75, 3.05) is 12.3 Å². The zero-order valence-electron chi connectivity index (χ0n) is 20.4. The van der Waals surface area contributed by atoms with Crippen LogP contribution >= 0.6 is 11.8 Å². The molecule has 0 aromatic heterocycles. The van der Waals surface area contributed by atoms with Crippen LogP contribution in [0, 0.1) is 12.7 Å². The fourth-order valence-corrected chi connectivity index (χ4v) is 4.77. The van der Waals surface area contributed by atoms with Crippen LogP contribution in [-0.4, -0.2) is 35.1 Å². The van der Waals surface area contributed by atoms with Crippen molar-refractivity contribution >= 4 is 23.6 Å². The van der Waals surface area contributed by atoms with E-state index in [1.54, 1.807) is 23.1 Å². The van der Waals surface area contributed by atoms with Crippen LogP contribution < -0.4 is 5.32 Å². The molecule has 0 spiro atoms. The van der Waals surface area contributed by atoms with E-state index in [2.05, 4.69) is 5.32 Å². The standard InChI is InChI=1S/C29H33FN2O2S/c1-3-16-31-29(34)27(18-23-11-5-4-6-12-23)32(19-24-13-9-10-22(2)17-24)28(33)21-35-20-25-14-7-8-15-26(25)30/h4-15,17,27H,3,16,18-21H2,1-2H3,(H,31,34). The Balaban J connectivity index is 1.84. The van der Waals surface area contributed by atoms with Gasteiger partial charge in [0.1, 0.15) is 11.9 Å². The highest BCUT2D eigenvalue weighted by molar-refractivity contribution is 7.99. The van der Waals surface area contributed by atoms with E-state index in [1.165, 1.54) is 17.8 Å². The summed E-state index contributed by atoms with van der Waals surface area (Å²) in [5, 5.41) is 2.99. The highest BCUT2D eigenvalue weighted by atomic mass is 32.2. The summed E-state index contributed by atoms with van der Waals surface area (Å²) in [6, 6.07) is 23.7. The van der Waals surface area contributed by atoms with Crippen molar-refractivity contribution in [1.82, 2.24) is 10.2 Å². The van der Waals surface area contributed by atoms with Gasteiger partial charge >= 0.3 is 0 Å². The van der Waals surface area contributed by atoms with Gasteiger partial charge in [-0.2, -0.15) is 0 Å². The molecule has 1 N–H and O–H groups in total. The maximum Gasteiger partial charge on any atom is 0.243 e. The Labute approximate surface area is 211 Å². The Hall–Kier alpha value is -3.12. The number of carbonyl (C=O) groups excluding carboxylic acids is 2. The molecule has 0 radical (unpaired) electrons. The first-order chi connectivity index (χ1) is 17.0. The van der Waals surface area contributed by atoms with E-state index >= 15 is 0 Å². The van der Waals surface area contributed by atoms with Crippen molar-refractivity contribution in [3.8, 4) is 0 Å². The van der Waals surface area contributed by atoms with Gasteiger partial charge in [0.2, 0.25) is 11.8 Å². The number of nitrogens with one attached hydrogen (secondary N) is 1. The Bertz CT molecular complexity index is 1110. The fourth-order valence-electron chi connectivity index (χ4n) is 3.87. The van der Waals surface area contributed by atoms with Crippen LogP contribution in [0.5, 0.6) is 0 Å². The van der Waals surface area contributed by atoms with Crippen molar-refractivity contribution in [3.63, 3.8) is 0 Å². The van der Waals surface area contributed by atoms with Gasteiger partial charge < -0.3 is 10.2 Å². The molecule has 184 valence electrons. The fraction of sp³-hybridized carbons (Fsp3) is 0.310. The maximum absolute atomic E-state index is 14.0. The molecule has 0 aliphatic heterocycles. The number of amides is 2. The average molecular weight is 493 g/mol. The Morgan fingerprint density at radius 1 is 0.971 bits per heavy atom. The summed E-state index contributed by atoms with van der Waals surface area (Å²) in [7, 11) is 0. The SMILES string of the molecule is CCCNC(=O)C(Cc1ccccc1)N(Cc1cccc(C)c1)C(=O)CSCc1ccccc1F. The van der Waals surface area contributed by atoms with Gasteiger partial charge in [0, 0.05) is 25.3 Å². The first-order valence-electron chi connectivity index (χ1n) is 12.0. The van der Waals surface area contributed by atoms with E-state index in [-0.39, 0.29) is 23.4 Å². The predicted octanol–water partition coefficient (Wildman–Crippen LogP) is 5.53. The van der Waals surface area contributed by atoms with Gasteiger partial charge in [-0.1, -0.05) is 85.3 Å². The van der Waals surface area contributed by atoms with Gasteiger partial charge in [0.05, 0.1) is 5.75 Å². The Morgan fingerprint density at radius 3 is 2.40 bits per heavy atom. The molecule has 0 bridgehead atoms. The third-order valence-corrected chi connectivity index (χ3v) is 6.66. The minimum absolute atomic E-state index is 0.138. The van der Waals surface area contributed by atoms with Crippen molar-refractivity contribution in [2.45, 2.75) is 45.0 Å². The van der Waals surface area contributed by atoms with Gasteiger partial charge in [-0.25, -0.2) is 4.39 Å². The molecule has 0 aliphatic rings. The Morgan fingerprint density at radius 2 is 1.69 bits per heavy atom. The average Bonchev–Trinajstić information content (AvgIpc) is 2.86. The summed E-state index contributed by atoms with van der Waals surface area (Å²) in [5.41, 5.74) is 3.62. The lowest BCUT2D eigenvalue weighted by Gasteiger charge is -2.31. The predicted molar refractivity (Wildman–Crippen MR) is 142 cm³/mol. The van der Waals surface area contributed by atoms with Gasteiger partial charge in [-0.05, 0) is 36.1 Å². The monoisotopic (exact) mass is 492 g/mol. The van der Waals surface area contributed by atoms with Crippen LogP contribution in [0.15, 0.2) is 78.9 Å². The number of rotatable bonds is 12. The summed E-state index contributed by atoms with van der Waals surface area (Å²) in [6.45, 7) is 4.90. The molecule has 0 saturated heterocycles. The minimum Gasteiger partial charge on any atom is -0.354 e. The number of thioether (sulfide) groups is 1. The lowest BCUT2D eigenvalue weighted by molar-refractivity contribution is -0.139. The first kappa shape index (κ1) is 26.5. The molecule has 6 heteroatoms. The smallest absolute Gasteiger partial charge is 0.243 e. The van der Waals surface area contributed by atoms with E-state index < -0.39 is 6.04 Å². The molecule has 2 amide bonds. The molecule has 3 aromatic carbocycles. The van der Waals surface area contributed by atoms with Crippen LogP contribution in [0.1, 0.15) is 35.6 Å². The molecule has 1 atom stereocenters. The summed E-state index contributed by atoms with van der Waals surface area (Å²) in [4.78, 5) is 28.5. The molecular formula is C29H33FN2O2S. The van der Waals surface area contributed by atoms with Crippen LogP contribution in [0.3, 0.4) is 0 Å². The Kier molecular flexibility index (Phi) is 10.4. The number of benzene rings is 3. The van der Waals surface area contributed by atoms with Crippen molar-refractivity contribution in [2.24, 2.45) is 0 Å². The molecule has 0 saturated carbocycles. The lowest BCUT2D eigenvalue weighted by atomic mass is 10.0. The molecule has 35 heavy (non-hydrogen) atoms. The molecular weight excluding hydrogens is 459 g/mol. The summed E-state index contributed by atoms with van der Waals surface area (Å²) in [6.07, 6.45) is 1.24. The topological polar surface area (TPSA) is 49.4 Å². The summed E-state index contributed by atoms with van der Waals surface area (Å²) >= 11 is 1.36. The number of carbonyl (C=O) groups is 2. The van der Waals surface area contributed by atoms with Crippen LogP contribution in [0.25, 0.3) is 0 Å². The molecule has 1 unspecified atom stereocenters. The largest absolute Gasteiger partial charge is 0.354 e. The molecule has 3 rings (SSSR count). The maximum atomic E-state index is 14.0. The van der Waals surface area contributed by atoms with Gasteiger partial charge in [-0.3, -0.25) is 9.59 Å². The van der Waals surface area contributed by atoms with Crippen molar-refractivity contribution in [3.05, 3.63) is 107 Å². The number of halogens is 1. The van der Waals surface area contributed by atoms with E-state index in [1.807, 2.05) is 68.4 Å². The van der Waals surface area contributed by atoms with Crippen LogP contribution in [-0.2, 0) is 28.3 Å². The second kappa shape index (κ2) is 13.7. The van der Waals surface area contributed by atoms with E-state index in [4.69, 9.17) is 0 Å². The number of hydrogen-bond donors (Lipinski definition) is 1. The van der Waals surface area contributed by atoms with Gasteiger partial charge in [0.15, 0.2) is 0 Å². The summed E-state index contributed by atoms with van der Waals surface area (Å²) < 4.78 is 14.0. The second-order valence-corrected chi connectivity index (χ2v) is 9.58. The van der Waals surface area contributed by atoms with Gasteiger partial charge in [-0.15, -0.1) is 11.8 Å². The zero-order valence-corrected chi connectivity index (χ0v) is 21.2. The van der Waals surface area contributed by atoms with Crippen LogP contribution in [0.2, 0.25) is 0 Å². The highest BCUT2D eigenvalue weighted by Gasteiger charge is 2.30. The first-order valence-corrected chi connectivity index (χ1v) is 13.1. The van der Waals surface area contributed by atoms with Crippen molar-refractivity contribution in [1.29, 1.82) is 0 Å². The van der Waals surface area contributed by atoms with Gasteiger partial charge in [0.25, 0.3) is 0 Å². The van der Waals surface area contributed by atoms with E-state index in [9.17, 15) is 14.0 Å². The van der Waals surface area contributed by atoms with E-state index in [0.717, 1.165) is 23.1 Å². The zero-order chi connectivity index (χ0) is 25.0. The third kappa shape index (κ3) is 8.25. The van der Waals surface area contributed by atoms with Crippen LogP contribution in [0.4, 0.5) is 4.39 Å². The molecule has 3 aromatic rings. The highest BCUT2D eigenvalue weighted by Crippen LogP contribution is 2.20. The summed E-state index contributed by atoms with van der Waals surface area (Å²) in [5.74, 6) is -0.0182. The molecule has 0 heterocycles. The normalized spacial score (nSPS) is 11.6. The minimum atomic E-state index is -0.647. The number of hydrogen-bond acceptors (Lipinski definition) is 3. The molecule has 0 fully saturated rings. The van der Waals surface area contributed by atoms with Crippen molar-refractivity contribution < 1.29 is 14.0 Å². The molecule has 0 aliphatic carbocycles. The second-order valence-electron chi connectivity index (χ2n) is 8.59. The lowest BCUT2D eigenvalue weighted by Crippen LogP contribution is -2.51.